The van der Waals surface area contributed by atoms with Crippen molar-refractivity contribution in [3.8, 4) is 5.75 Å². The summed E-state index contributed by atoms with van der Waals surface area (Å²) >= 11 is 0. The van der Waals surface area contributed by atoms with Crippen molar-refractivity contribution in [2.45, 2.75) is 37.6 Å². The molecule has 0 amide bonds. The molecule has 1 aliphatic rings. The Bertz CT molecular complexity index is 593. The van der Waals surface area contributed by atoms with Gasteiger partial charge in [0.2, 0.25) is 5.75 Å². The van der Waals surface area contributed by atoms with Crippen molar-refractivity contribution in [2.24, 2.45) is 0 Å². The summed E-state index contributed by atoms with van der Waals surface area (Å²) in [5, 5.41) is 29.1. The van der Waals surface area contributed by atoms with Crippen LogP contribution in [0.4, 0.5) is 0 Å². The fourth-order valence-corrected chi connectivity index (χ4v) is 2.12. The third-order valence-electron chi connectivity index (χ3n) is 3.18. The number of ether oxygens (including phenoxy) is 2. The molecule has 112 valence electrons. The lowest BCUT2D eigenvalue weighted by Gasteiger charge is -2.18. The van der Waals surface area contributed by atoms with Crippen LogP contribution in [0.2, 0.25) is 0 Å². The zero-order valence-corrected chi connectivity index (χ0v) is 10.9. The summed E-state index contributed by atoms with van der Waals surface area (Å²) in [6.07, 6.45) is -5.02. The zero-order valence-electron chi connectivity index (χ0n) is 10.9. The Morgan fingerprint density at radius 2 is 2.05 bits per heavy atom. The molecule has 0 bridgehead atoms. The summed E-state index contributed by atoms with van der Waals surface area (Å²) in [6, 6.07) is 0. The average Bonchev–Trinajstić information content (AvgIpc) is 2.67. The SMILES string of the molecule is COc1cn([C@@H]2O[C@H](C(C)O)C(O)C2O)c(=O)[nH]c1=O. The molecule has 1 aliphatic heterocycles. The standard InChI is InChI=1S/C11H16N2O7/c1-4(14)8-6(15)7(16)10(20-8)13-3-5(19-2)9(17)12-11(13)18/h3-4,6-8,10,14-16H,1-2H3,(H,12,17,18)/t4?,6?,7?,8-,10-/m1/s1. The van der Waals surface area contributed by atoms with E-state index < -0.39 is 41.9 Å². The number of rotatable bonds is 3. The normalized spacial score (nSPS) is 31.2. The molecule has 1 fully saturated rings. The van der Waals surface area contributed by atoms with Gasteiger partial charge >= 0.3 is 5.69 Å². The number of nitrogens with zero attached hydrogens (tertiary/aromatic N) is 1. The van der Waals surface area contributed by atoms with Crippen molar-refractivity contribution in [3.05, 3.63) is 27.0 Å². The summed E-state index contributed by atoms with van der Waals surface area (Å²) < 4.78 is 11.0. The predicted molar refractivity (Wildman–Crippen MR) is 65.5 cm³/mol. The van der Waals surface area contributed by atoms with Gasteiger partial charge < -0.3 is 24.8 Å². The number of aliphatic hydroxyl groups is 3. The van der Waals surface area contributed by atoms with Crippen LogP contribution in [0.3, 0.4) is 0 Å². The Hall–Kier alpha value is -1.68. The maximum atomic E-state index is 11.7. The topological polar surface area (TPSA) is 134 Å². The van der Waals surface area contributed by atoms with Crippen molar-refractivity contribution in [3.63, 3.8) is 0 Å². The second kappa shape index (κ2) is 5.37. The highest BCUT2D eigenvalue weighted by Crippen LogP contribution is 2.30. The molecule has 1 saturated heterocycles. The molecule has 2 heterocycles. The Balaban J connectivity index is 2.42. The molecular formula is C11H16N2O7. The maximum absolute atomic E-state index is 11.7. The molecule has 20 heavy (non-hydrogen) atoms. The summed E-state index contributed by atoms with van der Waals surface area (Å²) in [4.78, 5) is 25.1. The van der Waals surface area contributed by atoms with Crippen LogP contribution in [-0.4, -0.2) is 56.4 Å². The fourth-order valence-electron chi connectivity index (χ4n) is 2.12. The molecule has 0 aliphatic carbocycles. The van der Waals surface area contributed by atoms with Crippen LogP contribution in [0.25, 0.3) is 0 Å². The zero-order chi connectivity index (χ0) is 15.0. The van der Waals surface area contributed by atoms with Gasteiger partial charge in [0.1, 0.15) is 18.3 Å². The smallest absolute Gasteiger partial charge is 0.330 e. The van der Waals surface area contributed by atoms with Crippen LogP contribution in [0.1, 0.15) is 13.2 Å². The second-order valence-electron chi connectivity index (χ2n) is 4.58. The highest BCUT2D eigenvalue weighted by Gasteiger charge is 2.46. The van der Waals surface area contributed by atoms with Crippen molar-refractivity contribution < 1.29 is 24.8 Å². The van der Waals surface area contributed by atoms with Gasteiger partial charge in [0.05, 0.1) is 19.4 Å². The first-order chi connectivity index (χ1) is 9.36. The van der Waals surface area contributed by atoms with Crippen molar-refractivity contribution in [1.29, 1.82) is 0 Å². The Labute approximate surface area is 113 Å². The Morgan fingerprint density at radius 1 is 1.40 bits per heavy atom. The number of aromatic amines is 1. The molecule has 1 aromatic heterocycles. The highest BCUT2D eigenvalue weighted by atomic mass is 16.6. The summed E-state index contributed by atoms with van der Waals surface area (Å²) in [7, 11) is 1.25. The van der Waals surface area contributed by atoms with Gasteiger partial charge in [0.25, 0.3) is 5.56 Å². The number of methoxy groups -OCH3 is 1. The van der Waals surface area contributed by atoms with E-state index in [2.05, 4.69) is 0 Å². The van der Waals surface area contributed by atoms with Gasteiger partial charge in [-0.05, 0) is 6.92 Å². The third kappa shape index (κ3) is 2.36. The van der Waals surface area contributed by atoms with Crippen molar-refractivity contribution in [2.75, 3.05) is 7.11 Å². The van der Waals surface area contributed by atoms with Crippen LogP contribution >= 0.6 is 0 Å². The molecule has 0 saturated carbocycles. The van der Waals surface area contributed by atoms with E-state index in [0.29, 0.717) is 0 Å². The van der Waals surface area contributed by atoms with Gasteiger partial charge in [0, 0.05) is 0 Å². The highest BCUT2D eigenvalue weighted by molar-refractivity contribution is 5.12. The molecule has 0 spiro atoms. The fraction of sp³-hybridized carbons (Fsp3) is 0.636. The van der Waals surface area contributed by atoms with Crippen molar-refractivity contribution in [1.82, 2.24) is 9.55 Å². The van der Waals surface area contributed by atoms with Crippen molar-refractivity contribution >= 4 is 0 Å². The van der Waals surface area contributed by atoms with E-state index in [4.69, 9.17) is 9.47 Å². The number of aliphatic hydroxyl groups excluding tert-OH is 3. The minimum Gasteiger partial charge on any atom is -0.490 e. The van der Waals surface area contributed by atoms with Gasteiger partial charge in [-0.25, -0.2) is 4.79 Å². The van der Waals surface area contributed by atoms with E-state index in [0.717, 1.165) is 10.8 Å². The first-order valence-corrected chi connectivity index (χ1v) is 5.96. The lowest BCUT2D eigenvalue weighted by atomic mass is 10.1. The van der Waals surface area contributed by atoms with Crippen LogP contribution in [0.5, 0.6) is 5.75 Å². The number of H-pyrrole nitrogens is 1. The van der Waals surface area contributed by atoms with Gasteiger partial charge in [-0.1, -0.05) is 0 Å². The number of hydrogen-bond acceptors (Lipinski definition) is 7. The molecule has 0 aromatic carbocycles. The van der Waals surface area contributed by atoms with E-state index in [1.807, 2.05) is 4.98 Å². The first-order valence-electron chi connectivity index (χ1n) is 5.96. The third-order valence-corrected chi connectivity index (χ3v) is 3.18. The van der Waals surface area contributed by atoms with Crippen LogP contribution in [0.15, 0.2) is 15.8 Å². The van der Waals surface area contributed by atoms with Gasteiger partial charge in [-0.15, -0.1) is 0 Å². The average molecular weight is 288 g/mol. The van der Waals surface area contributed by atoms with Gasteiger partial charge in [-0.3, -0.25) is 14.3 Å². The molecule has 3 unspecified atom stereocenters. The van der Waals surface area contributed by atoms with Crippen LogP contribution < -0.4 is 16.0 Å². The molecule has 1 aromatic rings. The molecular weight excluding hydrogens is 272 g/mol. The largest absolute Gasteiger partial charge is 0.490 e. The van der Waals surface area contributed by atoms with E-state index >= 15 is 0 Å². The van der Waals surface area contributed by atoms with E-state index in [1.54, 1.807) is 0 Å². The van der Waals surface area contributed by atoms with E-state index in [9.17, 15) is 24.9 Å². The first kappa shape index (κ1) is 14.7. The summed E-state index contributed by atoms with van der Waals surface area (Å²) in [5.41, 5.74) is -1.54. The molecule has 2 rings (SSSR count). The minimum absolute atomic E-state index is 0.143. The lowest BCUT2D eigenvalue weighted by molar-refractivity contribution is -0.0805. The van der Waals surface area contributed by atoms with E-state index in [-0.39, 0.29) is 5.75 Å². The van der Waals surface area contributed by atoms with Crippen LogP contribution in [-0.2, 0) is 4.74 Å². The summed E-state index contributed by atoms with van der Waals surface area (Å²) in [6.45, 7) is 1.39. The van der Waals surface area contributed by atoms with Gasteiger partial charge in [0.15, 0.2) is 6.23 Å². The van der Waals surface area contributed by atoms with Crippen LogP contribution in [0, 0.1) is 0 Å². The number of aromatic nitrogens is 2. The maximum Gasteiger partial charge on any atom is 0.330 e. The molecule has 4 N–H and O–H groups in total. The number of hydrogen-bond donors (Lipinski definition) is 4. The monoisotopic (exact) mass is 288 g/mol. The summed E-state index contributed by atoms with van der Waals surface area (Å²) in [5.74, 6) is -0.143. The quantitative estimate of drug-likeness (QED) is 0.485. The lowest BCUT2D eigenvalue weighted by Crippen LogP contribution is -2.39. The van der Waals surface area contributed by atoms with E-state index in [1.165, 1.54) is 14.0 Å². The second-order valence-corrected chi connectivity index (χ2v) is 4.58. The molecule has 5 atom stereocenters. The molecule has 9 heteroatoms. The Kier molecular flexibility index (Phi) is 3.95. The molecule has 0 radical (unpaired) electrons. The van der Waals surface area contributed by atoms with Gasteiger partial charge in [-0.2, -0.15) is 0 Å². The number of nitrogens with one attached hydrogen (secondary N) is 1. The minimum atomic E-state index is -1.43. The predicted octanol–water partition coefficient (Wildman–Crippen LogP) is -2.45. The molecule has 9 nitrogen and oxygen atoms in total. The Morgan fingerprint density at radius 3 is 2.55 bits per heavy atom.